The van der Waals surface area contributed by atoms with Crippen LogP contribution in [0.25, 0.3) is 27.5 Å². The highest BCUT2D eigenvalue weighted by atomic mass is 127. The molecule has 6 rings (SSSR count). The van der Waals surface area contributed by atoms with Crippen molar-refractivity contribution in [3.05, 3.63) is 106 Å². The van der Waals surface area contributed by atoms with Crippen LogP contribution in [0, 0.1) is 11.6 Å². The van der Waals surface area contributed by atoms with E-state index in [-0.39, 0.29) is 28.7 Å². The number of carbonyl (C=O) groups is 1. The zero-order valence-electron chi connectivity index (χ0n) is 21.7. The Bertz CT molecular complexity index is 1840. The number of carboxylic acids is 1. The molecule has 0 bridgehead atoms. The second-order valence-corrected chi connectivity index (χ2v) is 17.5. The second kappa shape index (κ2) is 11.4. The van der Waals surface area contributed by atoms with E-state index in [1.165, 1.54) is 29.6 Å². The number of carboxylic acid groups (broad SMARTS) is 1. The van der Waals surface area contributed by atoms with Gasteiger partial charge in [-0.15, -0.1) is 11.3 Å². The zero-order valence-corrected chi connectivity index (χ0v) is 25.5. The SMILES string of the molecule is NS(O)(I=O)c1ccc(Cc2c(C3CC3)nn(-c3nc(C(=O)O)cs3)c2-c2cccc(-c3ccc(F)cc3)c2)cc1F. The van der Waals surface area contributed by atoms with E-state index in [0.717, 1.165) is 52.1 Å². The lowest BCUT2D eigenvalue weighted by Gasteiger charge is -2.20. The summed E-state index contributed by atoms with van der Waals surface area (Å²) in [5.74, 6) is -2.03. The Morgan fingerprint density at radius 2 is 1.81 bits per heavy atom. The van der Waals surface area contributed by atoms with Gasteiger partial charge in [0.2, 0.25) is 24.9 Å². The monoisotopic (exact) mass is 720 g/mol. The fraction of sp³-hybridized carbons (Fsp3) is 0.138. The van der Waals surface area contributed by atoms with Crippen LogP contribution >= 0.6 is 38.8 Å². The largest absolute Gasteiger partial charge is 0.476 e. The van der Waals surface area contributed by atoms with Crippen LogP contribution in [-0.2, 0) is 9.49 Å². The maximum Gasteiger partial charge on any atom is 0.355 e. The molecular weight excluding hydrogens is 697 g/mol. The van der Waals surface area contributed by atoms with Crippen LogP contribution in [0.2, 0.25) is 0 Å². The molecule has 1 atom stereocenters. The van der Waals surface area contributed by atoms with Crippen molar-refractivity contribution in [2.45, 2.75) is 30.1 Å². The topological polar surface area (TPSA) is 131 Å². The van der Waals surface area contributed by atoms with Crippen LogP contribution in [0.5, 0.6) is 0 Å². The van der Waals surface area contributed by atoms with Gasteiger partial charge >= 0.3 is 5.97 Å². The third-order valence-electron chi connectivity index (χ3n) is 6.97. The average Bonchev–Trinajstić information content (AvgIpc) is 3.57. The Hall–Kier alpha value is -3.37. The molecule has 1 aliphatic carbocycles. The number of rotatable bonds is 9. The van der Waals surface area contributed by atoms with Gasteiger partial charge in [-0.05, 0) is 59.9 Å². The van der Waals surface area contributed by atoms with Gasteiger partial charge < -0.3 is 9.66 Å². The first-order valence-electron chi connectivity index (χ1n) is 12.7. The molecule has 4 N–H and O–H groups in total. The molecule has 1 saturated carbocycles. The van der Waals surface area contributed by atoms with Gasteiger partial charge in [0.15, 0.2) is 5.69 Å². The summed E-state index contributed by atoms with van der Waals surface area (Å²) in [6, 6.07) is 18.1. The quantitative estimate of drug-likeness (QED) is 0.132. The number of hydrogen-bond acceptors (Lipinski definition) is 7. The van der Waals surface area contributed by atoms with Crippen molar-refractivity contribution in [3.63, 3.8) is 0 Å². The normalized spacial score (nSPS) is 15.3. The van der Waals surface area contributed by atoms with Gasteiger partial charge in [-0.3, -0.25) is 8.21 Å². The number of hydrogen-bond donors (Lipinski definition) is 3. The lowest BCUT2D eigenvalue weighted by Crippen LogP contribution is -2.06. The molecule has 8 nitrogen and oxygen atoms in total. The van der Waals surface area contributed by atoms with Gasteiger partial charge in [0.25, 0.3) is 0 Å². The Balaban J connectivity index is 1.52. The number of thiazole rings is 1. The molecule has 0 amide bonds. The summed E-state index contributed by atoms with van der Waals surface area (Å²) < 4.78 is 52.1. The molecule has 5 aromatic rings. The highest BCUT2D eigenvalue weighted by Crippen LogP contribution is 2.57. The molecule has 0 aliphatic heterocycles. The van der Waals surface area contributed by atoms with Crippen LogP contribution in [0.4, 0.5) is 8.78 Å². The van der Waals surface area contributed by atoms with Crippen LogP contribution in [-0.4, -0.2) is 30.4 Å². The van der Waals surface area contributed by atoms with E-state index in [4.69, 9.17) is 10.2 Å². The molecule has 2 aromatic heterocycles. The van der Waals surface area contributed by atoms with Crippen molar-refractivity contribution in [1.29, 1.82) is 0 Å². The van der Waals surface area contributed by atoms with E-state index in [9.17, 15) is 21.9 Å². The van der Waals surface area contributed by atoms with Crippen LogP contribution in [0.15, 0.2) is 77.0 Å². The molecule has 0 spiro atoms. The second-order valence-electron chi connectivity index (χ2n) is 9.86. The third kappa shape index (κ3) is 5.66. The number of halogens is 3. The van der Waals surface area contributed by atoms with E-state index in [1.54, 1.807) is 22.9 Å². The Morgan fingerprint density at radius 1 is 1.07 bits per heavy atom. The average molecular weight is 721 g/mol. The highest BCUT2D eigenvalue weighted by Gasteiger charge is 2.33. The molecule has 13 heteroatoms. The smallest absolute Gasteiger partial charge is 0.355 e. The first-order valence-corrected chi connectivity index (χ1v) is 18.7. The summed E-state index contributed by atoms with van der Waals surface area (Å²) in [5.41, 5.74) is 5.26. The first kappa shape index (κ1) is 28.7. The molecule has 216 valence electrons. The predicted molar refractivity (Wildman–Crippen MR) is 166 cm³/mol. The molecule has 0 saturated heterocycles. The Labute approximate surface area is 253 Å². The number of nitrogens with zero attached hydrogens (tertiary/aromatic N) is 3. The van der Waals surface area contributed by atoms with Gasteiger partial charge in [0.1, 0.15) is 11.6 Å². The minimum atomic E-state index is -3.17. The maximum atomic E-state index is 15.1. The summed E-state index contributed by atoms with van der Waals surface area (Å²) in [5, 5.41) is 22.0. The lowest BCUT2D eigenvalue weighted by molar-refractivity contribution is 0.0691. The van der Waals surface area contributed by atoms with Gasteiger partial charge in [-0.2, -0.15) is 5.10 Å². The fourth-order valence-corrected chi connectivity index (χ4v) is 7.90. The van der Waals surface area contributed by atoms with Crippen molar-refractivity contribution < 1.29 is 26.3 Å². The number of benzene rings is 3. The van der Waals surface area contributed by atoms with Crippen molar-refractivity contribution in [2.24, 2.45) is 5.14 Å². The Kier molecular flexibility index (Phi) is 7.78. The Morgan fingerprint density at radius 3 is 2.45 bits per heavy atom. The summed E-state index contributed by atoms with van der Waals surface area (Å²) in [4.78, 5) is 15.8. The standard InChI is InChI=1S/C29H23F2IN4O4S2/c30-21-9-7-17(8-10-21)19-2-1-3-20(14-19)27-22(12-16-4-11-25(23(31)13-16)42(33,40)32-39)26(18-5-6-18)35-36(27)29-34-24(15-41-29)28(37)38/h1-4,7-11,13-15,18,40H,5-6,12,33H2,(H,37,38). The van der Waals surface area contributed by atoms with E-state index in [0.29, 0.717) is 16.4 Å². The fourth-order valence-electron chi connectivity index (χ4n) is 4.83. The molecule has 1 fully saturated rings. The van der Waals surface area contributed by atoms with Crippen molar-refractivity contribution in [1.82, 2.24) is 14.8 Å². The number of aromatic carboxylic acids is 1. The summed E-state index contributed by atoms with van der Waals surface area (Å²) in [7, 11) is -3.17. The third-order valence-corrected chi connectivity index (χ3v) is 12.0. The number of nitrogens with two attached hydrogens (primary N) is 1. The summed E-state index contributed by atoms with van der Waals surface area (Å²) in [6.07, 6.45) is 2.14. The summed E-state index contributed by atoms with van der Waals surface area (Å²) >= 11 is -0.888. The zero-order chi connectivity index (χ0) is 29.6. The van der Waals surface area contributed by atoms with Gasteiger partial charge in [-0.25, -0.2) is 23.2 Å². The molecule has 1 unspecified atom stereocenters. The molecule has 1 aliphatic rings. The van der Waals surface area contributed by atoms with E-state index >= 15 is 4.39 Å². The molecule has 3 aromatic carbocycles. The molecule has 2 heterocycles. The number of aromatic nitrogens is 3. The van der Waals surface area contributed by atoms with Crippen LogP contribution in [0.3, 0.4) is 0 Å². The first-order chi connectivity index (χ1) is 20.1. The molecule has 0 radical (unpaired) electrons. The minimum absolute atomic E-state index is 0.0957. The van der Waals surface area contributed by atoms with Crippen molar-refractivity contribution >= 4 is 44.8 Å². The van der Waals surface area contributed by atoms with E-state index < -0.39 is 39.3 Å². The highest BCUT2D eigenvalue weighted by molar-refractivity contribution is 14.2. The predicted octanol–water partition coefficient (Wildman–Crippen LogP) is 7.85. The van der Waals surface area contributed by atoms with Gasteiger partial charge in [0.05, 0.1) is 16.3 Å². The van der Waals surface area contributed by atoms with Crippen LogP contribution in [0.1, 0.15) is 46.1 Å². The van der Waals surface area contributed by atoms with E-state index in [2.05, 4.69) is 4.98 Å². The lowest BCUT2D eigenvalue weighted by atomic mass is 9.95. The van der Waals surface area contributed by atoms with Gasteiger partial charge in [0, 0.05) is 36.5 Å². The molecule has 42 heavy (non-hydrogen) atoms. The van der Waals surface area contributed by atoms with Gasteiger partial charge in [-0.1, -0.05) is 36.4 Å². The minimum Gasteiger partial charge on any atom is -0.476 e. The van der Waals surface area contributed by atoms with Crippen molar-refractivity contribution in [3.8, 4) is 27.5 Å². The van der Waals surface area contributed by atoms with Crippen LogP contribution < -0.4 is 5.14 Å². The maximum absolute atomic E-state index is 15.1. The molecular formula is C29H23F2IN4O4S2. The van der Waals surface area contributed by atoms with Crippen molar-refractivity contribution in [2.75, 3.05) is 0 Å². The summed E-state index contributed by atoms with van der Waals surface area (Å²) in [6.45, 7) is 0. The van der Waals surface area contributed by atoms with E-state index in [1.807, 2.05) is 24.3 Å².